The highest BCUT2D eigenvalue weighted by Gasteiger charge is 2.42. The van der Waals surface area contributed by atoms with Crippen LogP contribution in [0.4, 0.5) is 4.79 Å². The molecule has 0 aromatic carbocycles. The number of aliphatic hydroxyl groups is 1. The average Bonchev–Trinajstić information content (AvgIpc) is 2.22. The molecular weight excluding hydrogens is 214 g/mol. The van der Waals surface area contributed by atoms with Crippen molar-refractivity contribution in [1.29, 1.82) is 0 Å². The predicted octanol–water partition coefficient (Wildman–Crippen LogP) is 0.123. The molecule has 1 fully saturated rings. The summed E-state index contributed by atoms with van der Waals surface area (Å²) in [6.07, 6.45) is 0.353. The molecule has 1 rings (SSSR count). The summed E-state index contributed by atoms with van der Waals surface area (Å²) in [5.74, 6) is -1.43. The van der Waals surface area contributed by atoms with Crippen LogP contribution in [0.25, 0.3) is 0 Å². The second kappa shape index (κ2) is 5.50. The van der Waals surface area contributed by atoms with Crippen LogP contribution in [0.1, 0.15) is 12.8 Å². The van der Waals surface area contributed by atoms with Crippen molar-refractivity contribution in [2.45, 2.75) is 25.0 Å². The summed E-state index contributed by atoms with van der Waals surface area (Å²) in [6.45, 7) is 3.49. The Morgan fingerprint density at radius 3 is 2.75 bits per heavy atom. The maximum absolute atomic E-state index is 11.1. The summed E-state index contributed by atoms with van der Waals surface area (Å²) in [4.78, 5) is 21.6. The Balaban J connectivity index is 2.34. The van der Waals surface area contributed by atoms with Crippen LogP contribution < -0.4 is 5.32 Å². The van der Waals surface area contributed by atoms with E-state index in [1.54, 1.807) is 0 Å². The number of ether oxygens (including phenoxy) is 1. The normalized spacial score (nSPS) is 27.7. The number of carbonyl (C=O) groups is 2. The highest BCUT2D eigenvalue weighted by Crippen LogP contribution is 2.31. The zero-order chi connectivity index (χ0) is 12.1. The molecule has 1 saturated carbocycles. The summed E-state index contributed by atoms with van der Waals surface area (Å²) < 4.78 is 4.69. The highest BCUT2D eigenvalue weighted by atomic mass is 16.5. The summed E-state index contributed by atoms with van der Waals surface area (Å²) in [5, 5.41) is 20.4. The van der Waals surface area contributed by atoms with Gasteiger partial charge in [-0.25, -0.2) is 4.79 Å². The SMILES string of the molecule is C=CCOC(=O)N[C@H]1C[C@@H](O)[C@@H]1CC(=O)O. The summed E-state index contributed by atoms with van der Waals surface area (Å²) in [7, 11) is 0. The fourth-order valence-corrected chi connectivity index (χ4v) is 1.66. The van der Waals surface area contributed by atoms with Crippen molar-refractivity contribution in [3.05, 3.63) is 12.7 Å². The summed E-state index contributed by atoms with van der Waals surface area (Å²) >= 11 is 0. The first kappa shape index (κ1) is 12.5. The molecule has 0 unspecified atom stereocenters. The van der Waals surface area contributed by atoms with E-state index in [-0.39, 0.29) is 19.1 Å². The second-order valence-electron chi connectivity index (χ2n) is 3.70. The van der Waals surface area contributed by atoms with Crippen LogP contribution in [-0.2, 0) is 9.53 Å². The van der Waals surface area contributed by atoms with Gasteiger partial charge in [-0.1, -0.05) is 12.7 Å². The molecule has 0 saturated heterocycles. The molecule has 90 valence electrons. The first-order valence-electron chi connectivity index (χ1n) is 4.98. The number of carboxylic acids is 1. The topological polar surface area (TPSA) is 95.9 Å². The zero-order valence-electron chi connectivity index (χ0n) is 8.76. The number of alkyl carbamates (subject to hydrolysis) is 1. The summed E-state index contributed by atoms with van der Waals surface area (Å²) in [5.41, 5.74) is 0. The van der Waals surface area contributed by atoms with Crippen LogP contribution in [0.3, 0.4) is 0 Å². The smallest absolute Gasteiger partial charge is 0.407 e. The van der Waals surface area contributed by atoms with Gasteiger partial charge in [0.1, 0.15) is 6.61 Å². The molecule has 0 radical (unpaired) electrons. The first-order valence-corrected chi connectivity index (χ1v) is 4.98. The Morgan fingerprint density at radius 1 is 1.56 bits per heavy atom. The third-order valence-corrected chi connectivity index (χ3v) is 2.55. The number of hydrogen-bond acceptors (Lipinski definition) is 4. The maximum atomic E-state index is 11.1. The molecule has 6 heteroatoms. The maximum Gasteiger partial charge on any atom is 0.407 e. The van der Waals surface area contributed by atoms with Crippen LogP contribution in [0.2, 0.25) is 0 Å². The lowest BCUT2D eigenvalue weighted by molar-refractivity contribution is -0.142. The lowest BCUT2D eigenvalue weighted by Crippen LogP contribution is -2.56. The molecule has 0 bridgehead atoms. The van der Waals surface area contributed by atoms with E-state index in [4.69, 9.17) is 5.11 Å². The third-order valence-electron chi connectivity index (χ3n) is 2.55. The number of carbonyl (C=O) groups excluding carboxylic acids is 1. The van der Waals surface area contributed by atoms with Gasteiger partial charge in [0.2, 0.25) is 0 Å². The minimum Gasteiger partial charge on any atom is -0.481 e. The van der Waals surface area contributed by atoms with Crippen molar-refractivity contribution in [3.8, 4) is 0 Å². The number of amides is 1. The molecule has 0 heterocycles. The van der Waals surface area contributed by atoms with Crippen molar-refractivity contribution in [3.63, 3.8) is 0 Å². The van der Waals surface area contributed by atoms with E-state index < -0.39 is 24.1 Å². The van der Waals surface area contributed by atoms with E-state index in [1.807, 2.05) is 0 Å². The van der Waals surface area contributed by atoms with E-state index in [0.29, 0.717) is 6.42 Å². The number of hydrogen-bond donors (Lipinski definition) is 3. The lowest BCUT2D eigenvalue weighted by Gasteiger charge is -2.40. The van der Waals surface area contributed by atoms with Crippen molar-refractivity contribution < 1.29 is 24.5 Å². The van der Waals surface area contributed by atoms with Gasteiger partial charge in [-0.2, -0.15) is 0 Å². The Bertz CT molecular complexity index is 291. The molecule has 0 aromatic heterocycles. The first-order chi connectivity index (χ1) is 7.54. The molecule has 1 aliphatic carbocycles. The van der Waals surface area contributed by atoms with E-state index in [2.05, 4.69) is 16.6 Å². The fraction of sp³-hybridized carbons (Fsp3) is 0.600. The van der Waals surface area contributed by atoms with Gasteiger partial charge in [-0.3, -0.25) is 4.79 Å². The molecule has 1 amide bonds. The number of carboxylic acid groups (broad SMARTS) is 1. The van der Waals surface area contributed by atoms with Gasteiger partial charge in [0.05, 0.1) is 12.5 Å². The standard InChI is InChI=1S/C10H15NO5/c1-2-3-16-10(15)11-7-5-8(12)6(7)4-9(13)14/h2,6-8,12H,1,3-5H2,(H,11,15)(H,13,14)/t6-,7+,8-/m1/s1. The summed E-state index contributed by atoms with van der Waals surface area (Å²) in [6, 6.07) is -0.330. The Kier molecular flexibility index (Phi) is 4.30. The van der Waals surface area contributed by atoms with Gasteiger partial charge >= 0.3 is 12.1 Å². The van der Waals surface area contributed by atoms with Gasteiger partial charge in [0.15, 0.2) is 0 Å². The van der Waals surface area contributed by atoms with Gasteiger partial charge in [0, 0.05) is 12.0 Å². The molecule has 0 aliphatic heterocycles. The van der Waals surface area contributed by atoms with E-state index >= 15 is 0 Å². The monoisotopic (exact) mass is 229 g/mol. The zero-order valence-corrected chi connectivity index (χ0v) is 8.76. The van der Waals surface area contributed by atoms with Crippen molar-refractivity contribution in [2.24, 2.45) is 5.92 Å². The molecule has 16 heavy (non-hydrogen) atoms. The van der Waals surface area contributed by atoms with Crippen LogP contribution >= 0.6 is 0 Å². The molecule has 3 atom stereocenters. The Labute approximate surface area is 92.9 Å². The second-order valence-corrected chi connectivity index (χ2v) is 3.70. The fourth-order valence-electron chi connectivity index (χ4n) is 1.66. The Hall–Kier alpha value is -1.56. The quantitative estimate of drug-likeness (QED) is 0.582. The van der Waals surface area contributed by atoms with Crippen molar-refractivity contribution in [1.82, 2.24) is 5.32 Å². The number of aliphatic carboxylic acids is 1. The molecule has 1 aliphatic rings. The van der Waals surface area contributed by atoms with Crippen LogP contribution in [0, 0.1) is 5.92 Å². The van der Waals surface area contributed by atoms with Gasteiger partial charge in [-0.05, 0) is 6.42 Å². The Morgan fingerprint density at radius 2 is 2.25 bits per heavy atom. The van der Waals surface area contributed by atoms with Crippen LogP contribution in [0.5, 0.6) is 0 Å². The molecular formula is C10H15NO5. The molecule has 6 nitrogen and oxygen atoms in total. The minimum atomic E-state index is -0.991. The van der Waals surface area contributed by atoms with Gasteiger partial charge in [-0.15, -0.1) is 0 Å². The van der Waals surface area contributed by atoms with Gasteiger partial charge < -0.3 is 20.3 Å². The molecule has 3 N–H and O–H groups in total. The lowest BCUT2D eigenvalue weighted by atomic mass is 9.74. The van der Waals surface area contributed by atoms with E-state index in [0.717, 1.165) is 0 Å². The minimum absolute atomic E-state index is 0.102. The van der Waals surface area contributed by atoms with Crippen molar-refractivity contribution in [2.75, 3.05) is 6.61 Å². The molecule has 0 aromatic rings. The molecule has 0 spiro atoms. The third kappa shape index (κ3) is 3.23. The van der Waals surface area contributed by atoms with Crippen molar-refractivity contribution >= 4 is 12.1 Å². The van der Waals surface area contributed by atoms with E-state index in [1.165, 1.54) is 6.08 Å². The largest absolute Gasteiger partial charge is 0.481 e. The van der Waals surface area contributed by atoms with Gasteiger partial charge in [0.25, 0.3) is 0 Å². The van der Waals surface area contributed by atoms with Crippen LogP contribution in [-0.4, -0.2) is 41.0 Å². The average molecular weight is 229 g/mol. The van der Waals surface area contributed by atoms with Crippen LogP contribution in [0.15, 0.2) is 12.7 Å². The predicted molar refractivity (Wildman–Crippen MR) is 54.8 cm³/mol. The number of rotatable bonds is 5. The number of nitrogens with one attached hydrogen (secondary N) is 1. The number of aliphatic hydroxyl groups excluding tert-OH is 1. The van der Waals surface area contributed by atoms with E-state index in [9.17, 15) is 14.7 Å². The highest BCUT2D eigenvalue weighted by molar-refractivity contribution is 5.69.